The van der Waals surface area contributed by atoms with Gasteiger partial charge >= 0.3 is 0 Å². The summed E-state index contributed by atoms with van der Waals surface area (Å²) in [4.78, 5) is 15.1. The van der Waals surface area contributed by atoms with Crippen molar-refractivity contribution < 1.29 is 0 Å². The monoisotopic (exact) mass is 621 g/mol. The topological polar surface area (TPSA) is 38.7 Å². The first-order valence-electron chi connectivity index (χ1n) is 16.5. The van der Waals surface area contributed by atoms with Crippen LogP contribution in [-0.4, -0.2) is 15.0 Å². The van der Waals surface area contributed by atoms with Crippen LogP contribution in [0.15, 0.2) is 127 Å². The molecule has 234 valence electrons. The minimum Gasteiger partial charge on any atom is -0.208 e. The van der Waals surface area contributed by atoms with Crippen molar-refractivity contribution in [3.8, 4) is 67.5 Å². The molecule has 0 amide bonds. The molecule has 0 radical (unpaired) electrons. The van der Waals surface area contributed by atoms with Crippen LogP contribution in [0.5, 0.6) is 0 Å². The van der Waals surface area contributed by atoms with E-state index in [-0.39, 0.29) is 0 Å². The van der Waals surface area contributed by atoms with Gasteiger partial charge in [-0.15, -0.1) is 0 Å². The van der Waals surface area contributed by atoms with E-state index in [1.54, 1.807) is 0 Å². The normalized spacial score (nSPS) is 11.1. The highest BCUT2D eigenvalue weighted by Gasteiger charge is 2.15. The first-order valence-corrected chi connectivity index (χ1v) is 16.5. The lowest BCUT2D eigenvalue weighted by atomic mass is 9.95. The summed E-state index contributed by atoms with van der Waals surface area (Å²) in [6.07, 6.45) is 0. The van der Waals surface area contributed by atoms with Gasteiger partial charge in [-0.1, -0.05) is 127 Å². The Morgan fingerprint density at radius 3 is 0.646 bits per heavy atom. The lowest BCUT2D eigenvalue weighted by Gasteiger charge is -2.13. The lowest BCUT2D eigenvalue weighted by molar-refractivity contribution is 1.07. The van der Waals surface area contributed by atoms with E-state index in [0.717, 1.165) is 16.7 Å². The number of nitrogens with zero attached hydrogens (tertiary/aromatic N) is 3. The Morgan fingerprint density at radius 2 is 0.438 bits per heavy atom. The summed E-state index contributed by atoms with van der Waals surface area (Å²) < 4.78 is 0. The van der Waals surface area contributed by atoms with Crippen LogP contribution in [0.25, 0.3) is 67.5 Å². The Bertz CT molecular complexity index is 1930. The highest BCUT2D eigenvalue weighted by molar-refractivity contribution is 5.77. The van der Waals surface area contributed by atoms with Crippen molar-refractivity contribution in [1.29, 1.82) is 0 Å². The average molecular weight is 622 g/mol. The summed E-state index contributed by atoms with van der Waals surface area (Å²) in [6.45, 7) is 13.0. The molecule has 1 aromatic heterocycles. The van der Waals surface area contributed by atoms with Crippen LogP contribution in [0.4, 0.5) is 0 Å². The standard InChI is InChI=1S/C45H39N3/c1-28-10-7-11-29(2)40(28)34-16-22-37(23-17-34)43-46-44(38-24-18-35(19-25-38)41-30(3)12-8-13-31(41)4)48-45(47-43)39-26-20-36(21-27-39)42-32(5)14-9-15-33(42)6/h7-27H,1-6H3. The Labute approximate surface area is 284 Å². The van der Waals surface area contributed by atoms with E-state index < -0.39 is 0 Å². The number of rotatable bonds is 6. The van der Waals surface area contributed by atoms with Crippen molar-refractivity contribution in [3.63, 3.8) is 0 Å². The zero-order valence-electron chi connectivity index (χ0n) is 28.5. The fourth-order valence-electron chi connectivity index (χ4n) is 6.93. The number of hydrogen-bond acceptors (Lipinski definition) is 3. The van der Waals surface area contributed by atoms with Crippen LogP contribution in [0.1, 0.15) is 33.4 Å². The number of aryl methyl sites for hydroxylation is 6. The van der Waals surface area contributed by atoms with Gasteiger partial charge in [0.05, 0.1) is 0 Å². The fourth-order valence-corrected chi connectivity index (χ4v) is 6.93. The molecule has 0 aliphatic rings. The number of benzene rings is 6. The second-order valence-electron chi connectivity index (χ2n) is 12.8. The molecule has 0 N–H and O–H groups in total. The summed E-state index contributed by atoms with van der Waals surface area (Å²) in [5.41, 5.74) is 17.8. The zero-order valence-corrected chi connectivity index (χ0v) is 28.5. The summed E-state index contributed by atoms with van der Waals surface area (Å²) in [6, 6.07) is 45.1. The van der Waals surface area contributed by atoms with Gasteiger partial charge in [0.15, 0.2) is 17.5 Å². The molecule has 0 atom stereocenters. The molecule has 0 spiro atoms. The molecule has 48 heavy (non-hydrogen) atoms. The van der Waals surface area contributed by atoms with Crippen molar-refractivity contribution in [1.82, 2.24) is 15.0 Å². The fraction of sp³-hybridized carbons (Fsp3) is 0.133. The zero-order chi connectivity index (χ0) is 33.4. The molecule has 0 aliphatic heterocycles. The van der Waals surface area contributed by atoms with Crippen LogP contribution in [0.3, 0.4) is 0 Å². The predicted molar refractivity (Wildman–Crippen MR) is 201 cm³/mol. The minimum absolute atomic E-state index is 0.653. The molecule has 0 saturated heterocycles. The van der Waals surface area contributed by atoms with E-state index in [9.17, 15) is 0 Å². The molecule has 0 saturated carbocycles. The van der Waals surface area contributed by atoms with Crippen LogP contribution < -0.4 is 0 Å². The maximum atomic E-state index is 5.04. The quantitative estimate of drug-likeness (QED) is 0.185. The van der Waals surface area contributed by atoms with Crippen LogP contribution in [0, 0.1) is 41.5 Å². The summed E-state index contributed by atoms with van der Waals surface area (Å²) in [5.74, 6) is 1.96. The minimum atomic E-state index is 0.653. The third-order valence-corrected chi connectivity index (χ3v) is 9.37. The van der Waals surface area contributed by atoms with E-state index >= 15 is 0 Å². The molecule has 3 heteroatoms. The van der Waals surface area contributed by atoms with Crippen LogP contribution in [0.2, 0.25) is 0 Å². The van der Waals surface area contributed by atoms with E-state index in [2.05, 4.69) is 169 Å². The molecule has 6 aromatic carbocycles. The number of hydrogen-bond donors (Lipinski definition) is 0. The molecule has 0 unspecified atom stereocenters. The van der Waals surface area contributed by atoms with Gasteiger partial charge < -0.3 is 0 Å². The van der Waals surface area contributed by atoms with Gasteiger partial charge in [0.25, 0.3) is 0 Å². The molecule has 7 rings (SSSR count). The molecule has 0 bridgehead atoms. The Balaban J connectivity index is 1.31. The molecule has 7 aromatic rings. The van der Waals surface area contributed by atoms with Gasteiger partial charge in [-0.3, -0.25) is 0 Å². The highest BCUT2D eigenvalue weighted by Crippen LogP contribution is 2.33. The van der Waals surface area contributed by atoms with E-state index in [1.807, 2.05) is 0 Å². The molecule has 1 heterocycles. The Kier molecular flexibility index (Phi) is 8.29. The van der Waals surface area contributed by atoms with Crippen LogP contribution in [-0.2, 0) is 0 Å². The summed E-state index contributed by atoms with van der Waals surface area (Å²) >= 11 is 0. The van der Waals surface area contributed by atoms with Gasteiger partial charge in [-0.2, -0.15) is 0 Å². The van der Waals surface area contributed by atoms with Gasteiger partial charge in [0.1, 0.15) is 0 Å². The second kappa shape index (κ2) is 12.8. The van der Waals surface area contributed by atoms with E-state index in [0.29, 0.717) is 17.5 Å². The smallest absolute Gasteiger partial charge is 0.164 e. The van der Waals surface area contributed by atoms with Crippen molar-refractivity contribution >= 4 is 0 Å². The highest BCUT2D eigenvalue weighted by atomic mass is 15.0. The largest absolute Gasteiger partial charge is 0.208 e. The van der Waals surface area contributed by atoms with Crippen molar-refractivity contribution in [2.75, 3.05) is 0 Å². The summed E-state index contributed by atoms with van der Waals surface area (Å²) in [7, 11) is 0. The molecular formula is C45H39N3. The maximum absolute atomic E-state index is 5.04. The maximum Gasteiger partial charge on any atom is 0.164 e. The van der Waals surface area contributed by atoms with Gasteiger partial charge in [-0.05, 0) is 108 Å². The lowest BCUT2D eigenvalue weighted by Crippen LogP contribution is -2.00. The van der Waals surface area contributed by atoms with Crippen molar-refractivity contribution in [3.05, 3.63) is 161 Å². The summed E-state index contributed by atoms with van der Waals surface area (Å²) in [5, 5.41) is 0. The SMILES string of the molecule is Cc1cccc(C)c1-c1ccc(-c2nc(-c3ccc(-c4c(C)cccc4C)cc3)nc(-c3ccc(-c4c(C)cccc4C)cc3)n2)cc1. The third-order valence-electron chi connectivity index (χ3n) is 9.37. The van der Waals surface area contributed by atoms with Gasteiger partial charge in [0.2, 0.25) is 0 Å². The molecule has 3 nitrogen and oxygen atoms in total. The number of aromatic nitrogens is 3. The predicted octanol–water partition coefficient (Wildman–Crippen LogP) is 11.7. The van der Waals surface area contributed by atoms with Gasteiger partial charge in [0, 0.05) is 16.7 Å². The van der Waals surface area contributed by atoms with E-state index in [4.69, 9.17) is 15.0 Å². The Morgan fingerprint density at radius 1 is 0.250 bits per heavy atom. The van der Waals surface area contributed by atoms with E-state index in [1.165, 1.54) is 66.8 Å². The molecule has 0 aliphatic carbocycles. The molecular weight excluding hydrogens is 583 g/mol. The average Bonchev–Trinajstić information content (AvgIpc) is 3.09. The van der Waals surface area contributed by atoms with Crippen molar-refractivity contribution in [2.24, 2.45) is 0 Å². The second-order valence-corrected chi connectivity index (χ2v) is 12.8. The van der Waals surface area contributed by atoms with Gasteiger partial charge in [-0.25, -0.2) is 15.0 Å². The van der Waals surface area contributed by atoms with Crippen molar-refractivity contribution in [2.45, 2.75) is 41.5 Å². The molecule has 0 fully saturated rings. The van der Waals surface area contributed by atoms with Crippen LogP contribution >= 0.6 is 0 Å². The Hall–Kier alpha value is -5.67. The first-order chi connectivity index (χ1) is 23.3. The first kappa shape index (κ1) is 31.0. The third kappa shape index (κ3) is 5.96.